The third-order valence-electron chi connectivity index (χ3n) is 5.32. The summed E-state index contributed by atoms with van der Waals surface area (Å²) in [6.07, 6.45) is -9.69. The molecule has 3 aromatic rings. The van der Waals surface area contributed by atoms with Crippen LogP contribution in [-0.4, -0.2) is 11.2 Å². The number of fused-ring (bicyclic) bond motifs is 1. The topological polar surface area (TPSA) is 15.8 Å². The molecule has 0 amide bonds. The third kappa shape index (κ3) is 4.96. The highest BCUT2D eigenvalue weighted by atomic mass is 19.4. The first-order valence-corrected chi connectivity index (χ1v) is 9.27. The number of benzene rings is 2. The SMILES string of the molecule is CC(C)(CC(Cc1cc2cc(C(F)(F)F)ccc2[nH]1)C(F)(F)F)c1ccc(F)cc1. The Hall–Kier alpha value is -2.51. The lowest BCUT2D eigenvalue weighted by Gasteiger charge is -2.31. The van der Waals surface area contributed by atoms with Crippen molar-refractivity contribution in [3.8, 4) is 0 Å². The van der Waals surface area contributed by atoms with Gasteiger partial charge < -0.3 is 4.98 Å². The van der Waals surface area contributed by atoms with Crippen LogP contribution in [0.15, 0.2) is 48.5 Å². The van der Waals surface area contributed by atoms with Crippen molar-refractivity contribution < 1.29 is 30.7 Å². The largest absolute Gasteiger partial charge is 0.416 e. The predicted octanol–water partition coefficient (Wildman–Crippen LogP) is 7.41. The zero-order chi connectivity index (χ0) is 22.3. The van der Waals surface area contributed by atoms with E-state index in [1.54, 1.807) is 13.8 Å². The van der Waals surface area contributed by atoms with Gasteiger partial charge in [-0.05, 0) is 60.2 Å². The summed E-state index contributed by atoms with van der Waals surface area (Å²) in [6, 6.07) is 9.68. The van der Waals surface area contributed by atoms with E-state index in [1.807, 2.05) is 0 Å². The Labute approximate surface area is 168 Å². The quantitative estimate of drug-likeness (QED) is 0.405. The van der Waals surface area contributed by atoms with Crippen molar-refractivity contribution in [2.24, 2.45) is 5.92 Å². The molecule has 1 N–H and O–H groups in total. The smallest absolute Gasteiger partial charge is 0.358 e. The van der Waals surface area contributed by atoms with E-state index < -0.39 is 41.5 Å². The number of halogens is 7. The van der Waals surface area contributed by atoms with Crippen LogP contribution in [0.3, 0.4) is 0 Å². The van der Waals surface area contributed by atoms with Gasteiger partial charge in [-0.3, -0.25) is 0 Å². The number of hydrogen-bond donors (Lipinski definition) is 1. The van der Waals surface area contributed by atoms with Gasteiger partial charge in [0.05, 0.1) is 11.5 Å². The maximum absolute atomic E-state index is 13.8. The molecule has 1 nitrogen and oxygen atoms in total. The first kappa shape index (κ1) is 22.2. The van der Waals surface area contributed by atoms with Crippen molar-refractivity contribution in [2.45, 2.75) is 44.5 Å². The highest BCUT2D eigenvalue weighted by molar-refractivity contribution is 5.81. The lowest BCUT2D eigenvalue weighted by Crippen LogP contribution is -2.32. The molecule has 1 aromatic heterocycles. The van der Waals surface area contributed by atoms with Crippen molar-refractivity contribution >= 4 is 10.9 Å². The highest BCUT2D eigenvalue weighted by Gasteiger charge is 2.43. The summed E-state index contributed by atoms with van der Waals surface area (Å²) < 4.78 is 93.1. The van der Waals surface area contributed by atoms with Crippen LogP contribution in [0.4, 0.5) is 30.7 Å². The fraction of sp³-hybridized carbons (Fsp3) is 0.364. The standard InChI is InChI=1S/C22H20F7N/c1-20(2,14-3-6-17(23)7-4-14)12-16(22(27,28)29)11-18-10-13-9-15(21(24,25)26)5-8-19(13)30-18/h3-10,16,30H,11-12H2,1-2H3. The molecule has 1 heterocycles. The van der Waals surface area contributed by atoms with Gasteiger partial charge in [-0.15, -0.1) is 0 Å². The fourth-order valence-electron chi connectivity index (χ4n) is 3.68. The molecule has 0 saturated heterocycles. The molecular weight excluding hydrogens is 411 g/mol. The van der Waals surface area contributed by atoms with Crippen LogP contribution < -0.4 is 0 Å². The Morgan fingerprint density at radius 3 is 2.00 bits per heavy atom. The van der Waals surface area contributed by atoms with Gasteiger partial charge in [0, 0.05) is 16.6 Å². The van der Waals surface area contributed by atoms with Crippen LogP contribution in [0, 0.1) is 11.7 Å². The van der Waals surface area contributed by atoms with Crippen LogP contribution in [0.5, 0.6) is 0 Å². The Morgan fingerprint density at radius 2 is 1.43 bits per heavy atom. The predicted molar refractivity (Wildman–Crippen MR) is 101 cm³/mol. The van der Waals surface area contributed by atoms with Crippen molar-refractivity contribution in [3.63, 3.8) is 0 Å². The van der Waals surface area contributed by atoms with Gasteiger partial charge in [-0.2, -0.15) is 26.3 Å². The molecule has 1 atom stereocenters. The van der Waals surface area contributed by atoms with Gasteiger partial charge in [-0.1, -0.05) is 26.0 Å². The molecule has 0 aliphatic carbocycles. The maximum Gasteiger partial charge on any atom is 0.416 e. The molecule has 0 bridgehead atoms. The Bertz CT molecular complexity index is 1010. The normalized spacial score (nSPS) is 14.3. The minimum atomic E-state index is -4.53. The van der Waals surface area contributed by atoms with Gasteiger partial charge in [0.15, 0.2) is 0 Å². The Kier molecular flexibility index (Phi) is 5.64. The number of H-pyrrole nitrogens is 1. The zero-order valence-electron chi connectivity index (χ0n) is 16.3. The second-order valence-corrected chi connectivity index (χ2v) is 8.13. The number of hydrogen-bond acceptors (Lipinski definition) is 0. The van der Waals surface area contributed by atoms with E-state index in [1.165, 1.54) is 36.4 Å². The van der Waals surface area contributed by atoms with E-state index in [4.69, 9.17) is 0 Å². The molecule has 162 valence electrons. The second kappa shape index (κ2) is 7.63. The summed E-state index contributed by atoms with van der Waals surface area (Å²) >= 11 is 0. The van der Waals surface area contributed by atoms with Gasteiger partial charge in [-0.25, -0.2) is 4.39 Å². The molecule has 0 radical (unpaired) electrons. The Balaban J connectivity index is 1.87. The first-order valence-electron chi connectivity index (χ1n) is 9.27. The van der Waals surface area contributed by atoms with Crippen molar-refractivity contribution in [2.75, 3.05) is 0 Å². The molecule has 0 saturated carbocycles. The van der Waals surface area contributed by atoms with E-state index in [0.29, 0.717) is 11.1 Å². The van der Waals surface area contributed by atoms with Crippen molar-refractivity contribution in [3.05, 3.63) is 71.2 Å². The van der Waals surface area contributed by atoms with E-state index in [2.05, 4.69) is 4.98 Å². The minimum absolute atomic E-state index is 0.207. The molecule has 0 fully saturated rings. The average molecular weight is 431 g/mol. The maximum atomic E-state index is 13.8. The molecular formula is C22H20F7N. The van der Waals surface area contributed by atoms with E-state index in [0.717, 1.165) is 12.1 Å². The van der Waals surface area contributed by atoms with Gasteiger partial charge in [0.2, 0.25) is 0 Å². The van der Waals surface area contributed by atoms with Gasteiger partial charge in [0.1, 0.15) is 5.82 Å². The summed E-state index contributed by atoms with van der Waals surface area (Å²) in [4.78, 5) is 2.79. The molecule has 2 aromatic carbocycles. The van der Waals surface area contributed by atoms with E-state index >= 15 is 0 Å². The number of aromatic amines is 1. The monoisotopic (exact) mass is 431 g/mol. The number of alkyl halides is 6. The van der Waals surface area contributed by atoms with Crippen molar-refractivity contribution in [1.29, 1.82) is 0 Å². The van der Waals surface area contributed by atoms with Crippen LogP contribution >= 0.6 is 0 Å². The Morgan fingerprint density at radius 1 is 0.833 bits per heavy atom. The van der Waals surface area contributed by atoms with Crippen LogP contribution in [0.2, 0.25) is 0 Å². The first-order chi connectivity index (χ1) is 13.8. The molecule has 0 spiro atoms. The summed E-state index contributed by atoms with van der Waals surface area (Å²) in [5.41, 5.74) is -0.614. The van der Waals surface area contributed by atoms with E-state index in [9.17, 15) is 30.7 Å². The molecule has 30 heavy (non-hydrogen) atoms. The summed E-state index contributed by atoms with van der Waals surface area (Å²) in [5, 5.41) is 0.207. The summed E-state index contributed by atoms with van der Waals surface area (Å²) in [7, 11) is 0. The summed E-state index contributed by atoms with van der Waals surface area (Å²) in [5.74, 6) is -2.20. The van der Waals surface area contributed by atoms with Crippen LogP contribution in [0.25, 0.3) is 10.9 Å². The second-order valence-electron chi connectivity index (χ2n) is 8.13. The molecule has 1 unspecified atom stereocenters. The number of aromatic nitrogens is 1. The molecule has 0 aliphatic rings. The fourth-order valence-corrected chi connectivity index (χ4v) is 3.68. The lowest BCUT2D eigenvalue weighted by molar-refractivity contribution is -0.179. The van der Waals surface area contributed by atoms with Crippen LogP contribution in [-0.2, 0) is 18.0 Å². The third-order valence-corrected chi connectivity index (χ3v) is 5.32. The number of nitrogens with one attached hydrogen (secondary N) is 1. The average Bonchev–Trinajstić information content (AvgIpc) is 3.01. The minimum Gasteiger partial charge on any atom is -0.358 e. The van der Waals surface area contributed by atoms with Gasteiger partial charge in [0.25, 0.3) is 0 Å². The number of rotatable bonds is 5. The van der Waals surface area contributed by atoms with Crippen LogP contribution in [0.1, 0.15) is 37.1 Å². The highest BCUT2D eigenvalue weighted by Crippen LogP contribution is 2.40. The zero-order valence-corrected chi connectivity index (χ0v) is 16.3. The van der Waals surface area contributed by atoms with E-state index in [-0.39, 0.29) is 17.5 Å². The van der Waals surface area contributed by atoms with Gasteiger partial charge >= 0.3 is 12.4 Å². The molecule has 0 aliphatic heterocycles. The lowest BCUT2D eigenvalue weighted by atomic mass is 9.75. The molecule has 3 rings (SSSR count). The summed E-state index contributed by atoms with van der Waals surface area (Å²) in [6.45, 7) is 3.31. The molecule has 8 heteroatoms. The van der Waals surface area contributed by atoms with Crippen molar-refractivity contribution in [1.82, 2.24) is 4.98 Å².